The van der Waals surface area contributed by atoms with Crippen molar-refractivity contribution in [2.24, 2.45) is 5.41 Å². The Kier molecular flexibility index (Phi) is 4.14. The molecule has 1 atom stereocenters. The van der Waals surface area contributed by atoms with Crippen LogP contribution >= 0.6 is 0 Å². The molecule has 1 heterocycles. The average Bonchev–Trinajstić information content (AvgIpc) is 2.39. The van der Waals surface area contributed by atoms with Gasteiger partial charge in [-0.05, 0) is 37.3 Å². The molecular weight excluding hydrogens is 241 g/mol. The molecule has 0 spiro atoms. The van der Waals surface area contributed by atoms with E-state index in [9.17, 15) is 9.50 Å². The summed E-state index contributed by atoms with van der Waals surface area (Å²) in [4.78, 5) is 2.21. The van der Waals surface area contributed by atoms with Gasteiger partial charge in [-0.25, -0.2) is 4.39 Å². The molecule has 0 amide bonds. The third-order valence-electron chi connectivity index (χ3n) is 4.61. The number of aliphatic hydroxyl groups excluding tert-OH is 1. The average molecular weight is 265 g/mol. The zero-order valence-electron chi connectivity index (χ0n) is 12.1. The van der Waals surface area contributed by atoms with Crippen molar-refractivity contribution in [3.63, 3.8) is 0 Å². The van der Waals surface area contributed by atoms with Crippen LogP contribution in [0.15, 0.2) is 18.2 Å². The lowest BCUT2D eigenvalue weighted by atomic mass is 9.78. The highest BCUT2D eigenvalue weighted by Crippen LogP contribution is 2.37. The molecular formula is C16H24FNO. The summed E-state index contributed by atoms with van der Waals surface area (Å²) in [7, 11) is 0. The Bertz CT molecular complexity index is 436. The Hall–Kier alpha value is -1.09. The molecule has 19 heavy (non-hydrogen) atoms. The lowest BCUT2D eigenvalue weighted by molar-refractivity contribution is 0.193. The van der Waals surface area contributed by atoms with Gasteiger partial charge in [-0.15, -0.1) is 0 Å². The molecule has 3 heteroatoms. The normalized spacial score (nSPS) is 20.4. The summed E-state index contributed by atoms with van der Waals surface area (Å²) >= 11 is 0. The molecule has 0 aliphatic carbocycles. The Labute approximate surface area is 115 Å². The minimum Gasteiger partial charge on any atom is -0.389 e. The maximum atomic E-state index is 13.9. The van der Waals surface area contributed by atoms with Crippen LogP contribution in [0, 0.1) is 11.2 Å². The maximum absolute atomic E-state index is 13.9. The van der Waals surface area contributed by atoms with Gasteiger partial charge in [0.2, 0.25) is 0 Å². The minimum atomic E-state index is -0.768. The summed E-state index contributed by atoms with van der Waals surface area (Å²) in [5.41, 5.74) is 1.70. The Morgan fingerprint density at radius 3 is 2.53 bits per heavy atom. The van der Waals surface area contributed by atoms with Crippen molar-refractivity contribution in [1.82, 2.24) is 0 Å². The predicted molar refractivity (Wildman–Crippen MR) is 76.9 cm³/mol. The fourth-order valence-electron chi connectivity index (χ4n) is 2.86. The highest BCUT2D eigenvalue weighted by Gasteiger charge is 2.29. The molecule has 0 aromatic heterocycles. The molecule has 2 rings (SSSR count). The smallest absolute Gasteiger partial charge is 0.131 e. The Morgan fingerprint density at radius 1 is 1.37 bits per heavy atom. The number of benzene rings is 1. The Morgan fingerprint density at radius 2 is 2.00 bits per heavy atom. The summed E-state index contributed by atoms with van der Waals surface area (Å²) in [5, 5.41) is 9.80. The van der Waals surface area contributed by atoms with Crippen LogP contribution in [0.3, 0.4) is 0 Å². The molecule has 2 nitrogen and oxygen atoms in total. The minimum absolute atomic E-state index is 0.309. The summed E-state index contributed by atoms with van der Waals surface area (Å²) in [6.45, 7) is 8.06. The van der Waals surface area contributed by atoms with Crippen molar-refractivity contribution in [1.29, 1.82) is 0 Å². The molecule has 1 fully saturated rings. The molecule has 1 aliphatic heterocycles. The molecule has 1 saturated heterocycles. The summed E-state index contributed by atoms with van der Waals surface area (Å²) in [6, 6.07) is 5.07. The number of anilines is 1. The highest BCUT2D eigenvalue weighted by atomic mass is 19.1. The van der Waals surface area contributed by atoms with Crippen molar-refractivity contribution in [3.05, 3.63) is 29.6 Å². The zero-order valence-corrected chi connectivity index (χ0v) is 12.1. The third kappa shape index (κ3) is 2.92. The zero-order chi connectivity index (χ0) is 14.0. The number of piperidine rings is 1. The fourth-order valence-corrected chi connectivity index (χ4v) is 2.86. The topological polar surface area (TPSA) is 23.5 Å². The van der Waals surface area contributed by atoms with Crippen molar-refractivity contribution < 1.29 is 9.50 Å². The van der Waals surface area contributed by atoms with Gasteiger partial charge in [0.25, 0.3) is 0 Å². The van der Waals surface area contributed by atoms with E-state index in [0.29, 0.717) is 11.0 Å². The second-order valence-corrected chi connectivity index (χ2v) is 6.00. The quantitative estimate of drug-likeness (QED) is 0.896. The standard InChI is InChI=1S/C16H24FNO/c1-4-16(3)8-10-18(11-9-16)14-7-5-6-13(17)15(14)12(2)19/h5-7,12,19H,4,8-11H2,1-3H3. The second kappa shape index (κ2) is 5.49. The van der Waals surface area contributed by atoms with E-state index in [0.717, 1.165) is 31.6 Å². The molecule has 1 aromatic carbocycles. The number of hydrogen-bond acceptors (Lipinski definition) is 2. The van der Waals surface area contributed by atoms with Gasteiger partial charge < -0.3 is 10.0 Å². The van der Waals surface area contributed by atoms with Gasteiger partial charge in [0, 0.05) is 24.3 Å². The third-order valence-corrected chi connectivity index (χ3v) is 4.61. The number of aliphatic hydroxyl groups is 1. The molecule has 1 aromatic rings. The van der Waals surface area contributed by atoms with Crippen LogP contribution in [0.5, 0.6) is 0 Å². The van der Waals surface area contributed by atoms with Crippen LogP contribution in [-0.4, -0.2) is 18.2 Å². The number of rotatable bonds is 3. The van der Waals surface area contributed by atoms with Gasteiger partial charge in [0.15, 0.2) is 0 Å². The molecule has 1 aliphatic rings. The van der Waals surface area contributed by atoms with Gasteiger partial charge in [-0.2, -0.15) is 0 Å². The van der Waals surface area contributed by atoms with Gasteiger partial charge in [0.05, 0.1) is 6.10 Å². The molecule has 1 N–H and O–H groups in total. The lowest BCUT2D eigenvalue weighted by Gasteiger charge is -2.41. The summed E-state index contributed by atoms with van der Waals surface area (Å²) in [6.07, 6.45) is 2.67. The van der Waals surface area contributed by atoms with Crippen molar-refractivity contribution in [3.8, 4) is 0 Å². The monoisotopic (exact) mass is 265 g/mol. The van der Waals surface area contributed by atoms with Crippen LogP contribution < -0.4 is 4.90 Å². The Balaban J connectivity index is 2.22. The maximum Gasteiger partial charge on any atom is 0.131 e. The van der Waals surface area contributed by atoms with Crippen molar-refractivity contribution in [2.45, 2.75) is 46.1 Å². The van der Waals surface area contributed by atoms with Crippen molar-refractivity contribution >= 4 is 5.69 Å². The van der Waals surface area contributed by atoms with Gasteiger partial charge in [-0.3, -0.25) is 0 Å². The van der Waals surface area contributed by atoms with Gasteiger partial charge >= 0.3 is 0 Å². The first kappa shape index (κ1) is 14.3. The first-order valence-corrected chi connectivity index (χ1v) is 7.18. The molecule has 1 unspecified atom stereocenters. The summed E-state index contributed by atoms with van der Waals surface area (Å²) < 4.78 is 13.9. The molecule has 0 radical (unpaired) electrons. The largest absolute Gasteiger partial charge is 0.389 e. The molecule has 0 bridgehead atoms. The number of nitrogens with zero attached hydrogens (tertiary/aromatic N) is 1. The van der Waals surface area contributed by atoms with E-state index in [2.05, 4.69) is 18.7 Å². The van der Waals surface area contributed by atoms with E-state index in [-0.39, 0.29) is 5.82 Å². The molecule has 106 valence electrons. The van der Waals surface area contributed by atoms with Crippen LogP contribution in [0.4, 0.5) is 10.1 Å². The second-order valence-electron chi connectivity index (χ2n) is 6.00. The lowest BCUT2D eigenvalue weighted by Crippen LogP contribution is -2.39. The van der Waals surface area contributed by atoms with E-state index in [4.69, 9.17) is 0 Å². The van der Waals surface area contributed by atoms with Crippen LogP contribution in [0.1, 0.15) is 51.7 Å². The van der Waals surface area contributed by atoms with Gasteiger partial charge in [-0.1, -0.05) is 26.3 Å². The SMILES string of the molecule is CCC1(C)CCN(c2cccc(F)c2C(C)O)CC1. The van der Waals surface area contributed by atoms with Crippen LogP contribution in [0.2, 0.25) is 0 Å². The van der Waals surface area contributed by atoms with E-state index in [1.807, 2.05) is 6.07 Å². The molecule has 0 saturated carbocycles. The van der Waals surface area contributed by atoms with E-state index < -0.39 is 6.10 Å². The van der Waals surface area contributed by atoms with E-state index >= 15 is 0 Å². The highest BCUT2D eigenvalue weighted by molar-refractivity contribution is 5.55. The predicted octanol–water partition coefficient (Wildman–Crippen LogP) is 3.90. The first-order valence-electron chi connectivity index (χ1n) is 7.18. The van der Waals surface area contributed by atoms with Crippen molar-refractivity contribution in [2.75, 3.05) is 18.0 Å². The number of halogens is 1. The van der Waals surface area contributed by atoms with E-state index in [1.165, 1.54) is 12.5 Å². The summed E-state index contributed by atoms with van der Waals surface area (Å²) in [5.74, 6) is -0.309. The van der Waals surface area contributed by atoms with E-state index in [1.54, 1.807) is 13.0 Å². The number of hydrogen-bond donors (Lipinski definition) is 1. The van der Waals surface area contributed by atoms with Crippen LogP contribution in [-0.2, 0) is 0 Å². The van der Waals surface area contributed by atoms with Crippen LogP contribution in [0.25, 0.3) is 0 Å². The first-order chi connectivity index (χ1) is 8.97. The van der Waals surface area contributed by atoms with Gasteiger partial charge in [0.1, 0.15) is 5.82 Å². The fraction of sp³-hybridized carbons (Fsp3) is 0.625.